The van der Waals surface area contributed by atoms with E-state index in [1.807, 2.05) is 26.0 Å². The first kappa shape index (κ1) is 26.0. The SMILES string of the molecule is CN1CCC(NCc2ccc3c(c2)cc(C#CCNc2ccc(C(C)(C)C#N)nc2)n3CCCl)CC1. The fourth-order valence-corrected chi connectivity index (χ4v) is 4.71. The van der Waals surface area contributed by atoms with Crippen LogP contribution in [0.1, 0.15) is 43.6 Å². The molecule has 7 heteroatoms. The van der Waals surface area contributed by atoms with Gasteiger partial charge in [0.05, 0.1) is 41.3 Å². The van der Waals surface area contributed by atoms with Gasteiger partial charge in [-0.15, -0.1) is 11.6 Å². The Bertz CT molecular complexity index is 1270. The van der Waals surface area contributed by atoms with Crippen LogP contribution < -0.4 is 10.6 Å². The maximum absolute atomic E-state index is 9.28. The quantitative estimate of drug-likeness (QED) is 0.344. The van der Waals surface area contributed by atoms with Crippen LogP contribution in [0.4, 0.5) is 5.69 Å². The second kappa shape index (κ2) is 11.8. The minimum Gasteiger partial charge on any atom is -0.373 e. The number of likely N-dealkylation sites (tertiary alicyclic amines) is 1. The lowest BCUT2D eigenvalue weighted by Gasteiger charge is -2.29. The fourth-order valence-electron chi connectivity index (χ4n) is 4.54. The summed E-state index contributed by atoms with van der Waals surface area (Å²) in [6, 6.07) is 15.5. The number of aryl methyl sites for hydroxylation is 1. The largest absolute Gasteiger partial charge is 0.373 e. The number of aromatic nitrogens is 2. The third-order valence-corrected chi connectivity index (χ3v) is 7.04. The summed E-state index contributed by atoms with van der Waals surface area (Å²) in [5, 5.41) is 17.5. The second-order valence-corrected chi connectivity index (χ2v) is 10.4. The number of piperidine rings is 1. The Morgan fingerprint density at radius 2 is 1.97 bits per heavy atom. The van der Waals surface area contributed by atoms with Crippen LogP contribution >= 0.6 is 11.6 Å². The van der Waals surface area contributed by atoms with Crippen LogP contribution in [0.2, 0.25) is 0 Å². The summed E-state index contributed by atoms with van der Waals surface area (Å²) in [7, 11) is 2.19. The molecular weight excluding hydrogens is 468 g/mol. The van der Waals surface area contributed by atoms with Gasteiger partial charge in [-0.2, -0.15) is 5.26 Å². The molecular formula is C29H35ClN6. The molecule has 2 aromatic heterocycles. The summed E-state index contributed by atoms with van der Waals surface area (Å²) < 4.78 is 2.20. The molecule has 1 saturated heterocycles. The van der Waals surface area contributed by atoms with Gasteiger partial charge in [0.25, 0.3) is 0 Å². The van der Waals surface area contributed by atoms with Crippen LogP contribution in [0.3, 0.4) is 0 Å². The maximum Gasteiger partial charge on any atom is 0.0937 e. The number of benzene rings is 1. The number of fused-ring (bicyclic) bond motifs is 1. The zero-order valence-corrected chi connectivity index (χ0v) is 22.2. The Kier molecular flexibility index (Phi) is 8.54. The average Bonchev–Trinajstić information content (AvgIpc) is 3.23. The second-order valence-electron chi connectivity index (χ2n) is 10.0. The highest BCUT2D eigenvalue weighted by Gasteiger charge is 2.21. The molecule has 4 rings (SSSR count). The van der Waals surface area contributed by atoms with E-state index in [0.29, 0.717) is 18.5 Å². The number of anilines is 1. The van der Waals surface area contributed by atoms with Crippen LogP contribution in [0.5, 0.6) is 0 Å². The van der Waals surface area contributed by atoms with Crippen molar-refractivity contribution < 1.29 is 0 Å². The van der Waals surface area contributed by atoms with Crippen molar-refractivity contribution in [2.45, 2.75) is 51.2 Å². The summed E-state index contributed by atoms with van der Waals surface area (Å²) in [6.45, 7) is 8.15. The molecule has 1 aromatic carbocycles. The zero-order valence-electron chi connectivity index (χ0n) is 21.4. The Morgan fingerprint density at radius 3 is 2.67 bits per heavy atom. The molecule has 3 aromatic rings. The van der Waals surface area contributed by atoms with E-state index >= 15 is 0 Å². The predicted octanol–water partition coefficient (Wildman–Crippen LogP) is 4.72. The van der Waals surface area contributed by atoms with Crippen molar-refractivity contribution >= 4 is 28.2 Å². The molecule has 0 radical (unpaired) electrons. The van der Waals surface area contributed by atoms with Crippen LogP contribution in [0.25, 0.3) is 10.9 Å². The van der Waals surface area contributed by atoms with Crippen molar-refractivity contribution in [2.75, 3.05) is 37.9 Å². The lowest BCUT2D eigenvalue weighted by molar-refractivity contribution is 0.234. The first-order chi connectivity index (χ1) is 17.4. The summed E-state index contributed by atoms with van der Waals surface area (Å²) in [6.07, 6.45) is 4.16. The first-order valence-electron chi connectivity index (χ1n) is 12.6. The number of hydrogen-bond acceptors (Lipinski definition) is 5. The van der Waals surface area contributed by atoms with E-state index in [9.17, 15) is 5.26 Å². The standard InChI is InChI=1S/C29H35ClN6/c1-29(2,21-31)28-9-7-25(20-34-28)32-13-4-5-26-18-23-17-22(6-8-27(23)36(26)16-12-30)19-33-24-10-14-35(3)15-11-24/h6-9,17-18,20,24,32-33H,10-16,19H2,1-3H3. The van der Waals surface area contributed by atoms with Crippen molar-refractivity contribution in [1.82, 2.24) is 19.8 Å². The number of rotatable bonds is 8. The van der Waals surface area contributed by atoms with E-state index in [0.717, 1.165) is 48.8 Å². The van der Waals surface area contributed by atoms with Crippen molar-refractivity contribution in [2.24, 2.45) is 0 Å². The van der Waals surface area contributed by atoms with Crippen molar-refractivity contribution in [3.05, 3.63) is 59.5 Å². The van der Waals surface area contributed by atoms with Crippen LogP contribution in [-0.4, -0.2) is 53.1 Å². The number of halogens is 1. The van der Waals surface area contributed by atoms with Gasteiger partial charge in [-0.1, -0.05) is 12.0 Å². The monoisotopic (exact) mass is 502 g/mol. The fraction of sp³-hybridized carbons (Fsp3) is 0.448. The lowest BCUT2D eigenvalue weighted by atomic mass is 9.91. The Hall–Kier alpha value is -3.03. The Balaban J connectivity index is 1.41. The maximum atomic E-state index is 9.28. The van der Waals surface area contributed by atoms with Gasteiger partial charge in [0.15, 0.2) is 0 Å². The van der Waals surface area contributed by atoms with E-state index < -0.39 is 5.41 Å². The normalized spacial score (nSPS) is 14.9. The molecule has 0 saturated carbocycles. The molecule has 1 aliphatic rings. The van der Waals surface area contributed by atoms with Gasteiger partial charge in [0.1, 0.15) is 0 Å². The summed E-state index contributed by atoms with van der Waals surface area (Å²) in [4.78, 5) is 6.82. The van der Waals surface area contributed by atoms with E-state index in [2.05, 4.69) is 74.3 Å². The van der Waals surface area contributed by atoms with Crippen LogP contribution in [0.15, 0.2) is 42.6 Å². The minimum atomic E-state index is -0.600. The molecule has 1 fully saturated rings. The number of alkyl halides is 1. The highest BCUT2D eigenvalue weighted by atomic mass is 35.5. The number of nitrogens with one attached hydrogen (secondary N) is 2. The lowest BCUT2D eigenvalue weighted by Crippen LogP contribution is -2.40. The minimum absolute atomic E-state index is 0.497. The molecule has 6 nitrogen and oxygen atoms in total. The van der Waals surface area contributed by atoms with Crippen LogP contribution in [-0.2, 0) is 18.5 Å². The van der Waals surface area contributed by atoms with E-state index in [1.165, 1.54) is 23.8 Å². The zero-order chi connectivity index (χ0) is 25.5. The highest BCUT2D eigenvalue weighted by molar-refractivity contribution is 6.17. The highest BCUT2D eigenvalue weighted by Crippen LogP contribution is 2.23. The summed E-state index contributed by atoms with van der Waals surface area (Å²) in [5.41, 5.74) is 4.46. The van der Waals surface area contributed by atoms with E-state index in [1.54, 1.807) is 6.20 Å². The van der Waals surface area contributed by atoms with Gasteiger partial charge in [-0.3, -0.25) is 4.98 Å². The van der Waals surface area contributed by atoms with E-state index in [-0.39, 0.29) is 0 Å². The van der Waals surface area contributed by atoms with Crippen molar-refractivity contribution in [1.29, 1.82) is 5.26 Å². The van der Waals surface area contributed by atoms with Gasteiger partial charge >= 0.3 is 0 Å². The van der Waals surface area contributed by atoms with Gasteiger partial charge < -0.3 is 20.1 Å². The summed E-state index contributed by atoms with van der Waals surface area (Å²) >= 11 is 6.12. The number of pyridine rings is 1. The van der Waals surface area contributed by atoms with Crippen LogP contribution in [0, 0.1) is 23.2 Å². The molecule has 0 unspecified atom stereocenters. The first-order valence-corrected chi connectivity index (χ1v) is 13.1. The van der Waals surface area contributed by atoms with Gasteiger partial charge in [-0.25, -0.2) is 0 Å². The third kappa shape index (κ3) is 6.39. The number of nitrogens with zero attached hydrogens (tertiary/aromatic N) is 4. The Morgan fingerprint density at radius 1 is 1.17 bits per heavy atom. The molecule has 0 bridgehead atoms. The van der Waals surface area contributed by atoms with Gasteiger partial charge in [-0.05, 0) is 88.6 Å². The third-order valence-electron chi connectivity index (χ3n) is 6.87. The molecule has 0 atom stereocenters. The Labute approximate surface area is 219 Å². The molecule has 3 heterocycles. The number of hydrogen-bond donors (Lipinski definition) is 2. The number of nitriles is 1. The predicted molar refractivity (Wildman–Crippen MR) is 148 cm³/mol. The smallest absolute Gasteiger partial charge is 0.0937 e. The molecule has 1 aliphatic heterocycles. The molecule has 0 amide bonds. The molecule has 0 aliphatic carbocycles. The van der Waals surface area contributed by atoms with Crippen molar-refractivity contribution in [3.8, 4) is 17.9 Å². The molecule has 2 N–H and O–H groups in total. The van der Waals surface area contributed by atoms with Gasteiger partial charge in [0, 0.05) is 35.9 Å². The van der Waals surface area contributed by atoms with Crippen molar-refractivity contribution in [3.63, 3.8) is 0 Å². The van der Waals surface area contributed by atoms with E-state index in [4.69, 9.17) is 11.6 Å². The molecule has 0 spiro atoms. The van der Waals surface area contributed by atoms with Gasteiger partial charge in [0.2, 0.25) is 0 Å². The molecule has 36 heavy (non-hydrogen) atoms. The average molecular weight is 503 g/mol. The topological polar surface area (TPSA) is 68.9 Å². The summed E-state index contributed by atoms with van der Waals surface area (Å²) in [5.74, 6) is 7.08. The molecule has 188 valence electrons.